The molecule has 0 bridgehead atoms. The molecule has 0 fully saturated rings. The number of benzene rings is 1. The minimum absolute atomic E-state index is 0.0315. The molecule has 0 saturated carbocycles. The molecule has 0 unspecified atom stereocenters. The van der Waals surface area contributed by atoms with Crippen LogP contribution in [0.2, 0.25) is 0 Å². The van der Waals surface area contributed by atoms with E-state index in [9.17, 15) is 18.0 Å². The van der Waals surface area contributed by atoms with Gasteiger partial charge >= 0.3 is 12.1 Å². The third-order valence-electron chi connectivity index (χ3n) is 2.52. The molecule has 106 valence electrons. The molecule has 0 aliphatic carbocycles. The number of aromatic nitrogens is 1. The Hall–Kier alpha value is -1.83. The van der Waals surface area contributed by atoms with Gasteiger partial charge in [0.05, 0.1) is 5.56 Å². The Kier molecular flexibility index (Phi) is 3.59. The molecular weight excluding hydrogens is 343 g/mol. The zero-order valence-corrected chi connectivity index (χ0v) is 11.5. The van der Waals surface area contributed by atoms with Gasteiger partial charge in [0.25, 0.3) is 0 Å². The minimum atomic E-state index is -4.54. The normalized spacial score (nSPS) is 11.7. The Morgan fingerprint density at radius 2 is 2.05 bits per heavy atom. The first-order valence-corrected chi connectivity index (χ1v) is 6.07. The van der Waals surface area contributed by atoms with Gasteiger partial charge in [0, 0.05) is 10.0 Å². The third-order valence-corrected chi connectivity index (χ3v) is 3.21. The fourth-order valence-corrected chi connectivity index (χ4v) is 2.07. The second kappa shape index (κ2) is 4.93. The average Bonchev–Trinajstić information content (AvgIpc) is 2.70. The van der Waals surface area contributed by atoms with Crippen molar-refractivity contribution < 1.29 is 27.5 Å². The first kappa shape index (κ1) is 14.6. The predicted octanol–water partition coefficient (Wildman–Crippen LogP) is 4.13. The van der Waals surface area contributed by atoms with Gasteiger partial charge in [-0.1, -0.05) is 15.9 Å². The van der Waals surface area contributed by atoms with Crippen molar-refractivity contribution in [3.05, 3.63) is 39.7 Å². The lowest BCUT2D eigenvalue weighted by Gasteiger charge is -2.09. The maximum atomic E-state index is 12.8. The van der Waals surface area contributed by atoms with Crippen LogP contribution in [0.4, 0.5) is 13.2 Å². The zero-order chi connectivity index (χ0) is 15.1. The van der Waals surface area contributed by atoms with Crippen molar-refractivity contribution in [1.29, 1.82) is 0 Å². The van der Waals surface area contributed by atoms with Gasteiger partial charge < -0.3 is 9.52 Å². The molecule has 0 saturated heterocycles. The lowest BCUT2D eigenvalue weighted by atomic mass is 10.1. The molecule has 20 heavy (non-hydrogen) atoms. The van der Waals surface area contributed by atoms with E-state index < -0.39 is 17.7 Å². The summed E-state index contributed by atoms with van der Waals surface area (Å²) in [5.41, 5.74) is -1.16. The van der Waals surface area contributed by atoms with E-state index in [1.807, 2.05) is 0 Å². The zero-order valence-electron chi connectivity index (χ0n) is 9.95. The van der Waals surface area contributed by atoms with Crippen LogP contribution in [0, 0.1) is 6.92 Å². The quantitative estimate of drug-likeness (QED) is 0.885. The molecule has 8 heteroatoms. The maximum Gasteiger partial charge on any atom is 0.417 e. The van der Waals surface area contributed by atoms with Crippen molar-refractivity contribution in [2.24, 2.45) is 0 Å². The van der Waals surface area contributed by atoms with E-state index in [2.05, 4.69) is 20.9 Å². The second-order valence-electron chi connectivity index (χ2n) is 3.92. The van der Waals surface area contributed by atoms with Gasteiger partial charge in [0.15, 0.2) is 5.69 Å². The average molecular weight is 350 g/mol. The number of alkyl halides is 3. The first-order valence-electron chi connectivity index (χ1n) is 5.28. The van der Waals surface area contributed by atoms with Crippen molar-refractivity contribution in [3.63, 3.8) is 0 Å². The topological polar surface area (TPSA) is 63.3 Å². The number of aromatic carboxylic acids is 1. The number of aryl methyl sites for hydroxylation is 1. The van der Waals surface area contributed by atoms with Crippen molar-refractivity contribution in [3.8, 4) is 11.5 Å². The Morgan fingerprint density at radius 1 is 1.40 bits per heavy atom. The Bertz CT molecular complexity index is 679. The monoisotopic (exact) mass is 349 g/mol. The highest BCUT2D eigenvalue weighted by Gasteiger charge is 2.33. The van der Waals surface area contributed by atoms with Gasteiger partial charge in [-0.25, -0.2) is 9.78 Å². The SMILES string of the molecule is Cc1oc(-c2ccc(Br)c(C(F)(F)F)c2)nc1C(=O)O. The number of carboxylic acids is 1. The smallest absolute Gasteiger partial charge is 0.417 e. The van der Waals surface area contributed by atoms with E-state index in [0.29, 0.717) is 0 Å². The molecule has 0 amide bonds. The van der Waals surface area contributed by atoms with Gasteiger partial charge in [-0.15, -0.1) is 0 Å². The number of halogens is 4. The van der Waals surface area contributed by atoms with Gasteiger partial charge in [0.2, 0.25) is 5.89 Å². The van der Waals surface area contributed by atoms with E-state index >= 15 is 0 Å². The lowest BCUT2D eigenvalue weighted by molar-refractivity contribution is -0.138. The largest absolute Gasteiger partial charge is 0.476 e. The van der Waals surface area contributed by atoms with Crippen LogP contribution in [-0.2, 0) is 6.18 Å². The van der Waals surface area contributed by atoms with Crippen molar-refractivity contribution >= 4 is 21.9 Å². The fourth-order valence-electron chi connectivity index (χ4n) is 1.59. The summed E-state index contributed by atoms with van der Waals surface area (Å²) in [6, 6.07) is 3.41. The summed E-state index contributed by atoms with van der Waals surface area (Å²) in [5, 5.41) is 8.84. The van der Waals surface area contributed by atoms with Gasteiger partial charge in [-0.3, -0.25) is 0 Å². The van der Waals surface area contributed by atoms with E-state index in [4.69, 9.17) is 9.52 Å². The minimum Gasteiger partial charge on any atom is -0.476 e. The van der Waals surface area contributed by atoms with Crippen LogP contribution in [0.25, 0.3) is 11.5 Å². The van der Waals surface area contributed by atoms with Crippen LogP contribution >= 0.6 is 15.9 Å². The summed E-state index contributed by atoms with van der Waals surface area (Å²) < 4.78 is 43.3. The van der Waals surface area contributed by atoms with Crippen LogP contribution in [-0.4, -0.2) is 16.1 Å². The molecule has 4 nitrogen and oxygen atoms in total. The number of rotatable bonds is 2. The van der Waals surface area contributed by atoms with Crippen LogP contribution in [0.3, 0.4) is 0 Å². The second-order valence-corrected chi connectivity index (χ2v) is 4.78. The highest BCUT2D eigenvalue weighted by molar-refractivity contribution is 9.10. The van der Waals surface area contributed by atoms with E-state index in [1.54, 1.807) is 0 Å². The molecule has 0 aliphatic rings. The summed E-state index contributed by atoms with van der Waals surface area (Å²) in [7, 11) is 0. The van der Waals surface area contributed by atoms with E-state index in [1.165, 1.54) is 19.1 Å². The molecule has 1 aromatic carbocycles. The van der Waals surface area contributed by atoms with Crippen molar-refractivity contribution in [2.75, 3.05) is 0 Å². The molecule has 0 radical (unpaired) electrons. The number of hydrogen-bond donors (Lipinski definition) is 1. The fraction of sp³-hybridized carbons (Fsp3) is 0.167. The van der Waals surface area contributed by atoms with Crippen LogP contribution in [0.1, 0.15) is 21.8 Å². The molecule has 1 N–H and O–H groups in total. The van der Waals surface area contributed by atoms with Crippen LogP contribution in [0.5, 0.6) is 0 Å². The van der Waals surface area contributed by atoms with Crippen molar-refractivity contribution in [1.82, 2.24) is 4.98 Å². The number of oxazole rings is 1. The molecule has 1 heterocycles. The molecule has 0 spiro atoms. The molecule has 0 aliphatic heterocycles. The first-order chi connectivity index (χ1) is 9.20. The predicted molar refractivity (Wildman–Crippen MR) is 66.3 cm³/mol. The highest BCUT2D eigenvalue weighted by atomic mass is 79.9. The van der Waals surface area contributed by atoms with E-state index in [0.717, 1.165) is 6.07 Å². The standard InChI is InChI=1S/C12H7BrF3NO3/c1-5-9(11(18)19)17-10(20-5)6-2-3-8(13)7(4-6)12(14,15)16/h2-4H,1H3,(H,18,19). The number of hydrogen-bond acceptors (Lipinski definition) is 3. The summed E-state index contributed by atoms with van der Waals surface area (Å²) in [6.45, 7) is 1.38. The third kappa shape index (κ3) is 2.69. The summed E-state index contributed by atoms with van der Waals surface area (Å²) >= 11 is 2.82. The summed E-state index contributed by atoms with van der Waals surface area (Å²) in [4.78, 5) is 14.5. The van der Waals surface area contributed by atoms with E-state index in [-0.39, 0.29) is 27.4 Å². The number of carbonyl (C=O) groups is 1. The molecule has 2 aromatic rings. The van der Waals surface area contributed by atoms with Crippen molar-refractivity contribution in [2.45, 2.75) is 13.1 Å². The van der Waals surface area contributed by atoms with Gasteiger partial charge in [-0.05, 0) is 25.1 Å². The molecular formula is C12H7BrF3NO3. The molecule has 1 aromatic heterocycles. The van der Waals surface area contributed by atoms with Crippen LogP contribution < -0.4 is 0 Å². The van der Waals surface area contributed by atoms with Gasteiger partial charge in [-0.2, -0.15) is 13.2 Å². The summed E-state index contributed by atoms with van der Waals surface area (Å²) in [6.07, 6.45) is -4.54. The Labute approximate surface area is 119 Å². The van der Waals surface area contributed by atoms with Crippen LogP contribution in [0.15, 0.2) is 27.1 Å². The lowest BCUT2D eigenvalue weighted by Crippen LogP contribution is -2.06. The Balaban J connectivity index is 2.54. The maximum absolute atomic E-state index is 12.8. The van der Waals surface area contributed by atoms with Gasteiger partial charge in [0.1, 0.15) is 5.76 Å². The number of carboxylic acid groups (broad SMARTS) is 1. The highest BCUT2D eigenvalue weighted by Crippen LogP contribution is 2.37. The Morgan fingerprint density at radius 3 is 2.55 bits per heavy atom. The number of nitrogens with zero attached hydrogens (tertiary/aromatic N) is 1. The molecule has 0 atom stereocenters. The summed E-state index contributed by atoms with van der Waals surface area (Å²) in [5.74, 6) is -1.44. The molecule has 2 rings (SSSR count).